The van der Waals surface area contributed by atoms with Crippen molar-refractivity contribution in [2.24, 2.45) is 53.3 Å². The Morgan fingerprint density at radius 2 is 0.655 bits per heavy atom. The van der Waals surface area contributed by atoms with Gasteiger partial charge in [-0.3, -0.25) is 9.59 Å². The van der Waals surface area contributed by atoms with Crippen LogP contribution in [0.15, 0.2) is 94.5 Å². The van der Waals surface area contributed by atoms with Crippen molar-refractivity contribution in [3.8, 4) is 11.4 Å². The molecule has 0 saturated heterocycles. The smallest absolute Gasteiger partial charge is 0.197 e. The number of hydrogen-bond acceptors (Lipinski definition) is 2. The third kappa shape index (κ3) is 7.73. The van der Waals surface area contributed by atoms with E-state index in [4.69, 9.17) is 0 Å². The van der Waals surface area contributed by atoms with Gasteiger partial charge in [-0.05, 0) is 311 Å². The zero-order chi connectivity index (χ0) is 55.2. The van der Waals surface area contributed by atoms with Crippen LogP contribution in [0.25, 0.3) is 55.0 Å². The molecule has 12 bridgehead atoms. The van der Waals surface area contributed by atoms with Gasteiger partial charge in [-0.1, -0.05) is 106 Å². The summed E-state index contributed by atoms with van der Waals surface area (Å²) in [6.45, 7) is 0. The predicted octanol–water partition coefficient (Wildman–Crippen LogP) is 20.1. The molecule has 0 radical (unpaired) electrons. The third-order valence-electron chi connectivity index (χ3n) is 27.6. The monoisotopic (exact) mass is 1110 g/mol. The van der Waals surface area contributed by atoms with Crippen molar-refractivity contribution in [2.45, 2.75) is 246 Å². The Balaban J connectivity index is 0.937. The Bertz CT molecular complexity index is 3770. The molecule has 15 saturated carbocycles. The van der Waals surface area contributed by atoms with Crippen LogP contribution in [0, 0.1) is 53.3 Å². The van der Waals surface area contributed by atoms with Crippen LogP contribution in [0.2, 0.25) is 0 Å². The summed E-state index contributed by atoms with van der Waals surface area (Å²) >= 11 is 0. The normalized spacial score (nSPS) is 35.5. The van der Waals surface area contributed by atoms with Gasteiger partial charge in [-0.2, -0.15) is 0 Å². The molecule has 0 spiro atoms. The van der Waals surface area contributed by atoms with Gasteiger partial charge < -0.3 is 9.13 Å². The van der Waals surface area contributed by atoms with Gasteiger partial charge in [0.1, 0.15) is 0 Å². The van der Waals surface area contributed by atoms with Crippen LogP contribution in [0.3, 0.4) is 0 Å². The van der Waals surface area contributed by atoms with Gasteiger partial charge in [0.2, 0.25) is 0 Å². The lowest BCUT2D eigenvalue weighted by Gasteiger charge is -2.60. The molecule has 84 heavy (non-hydrogen) atoms. The quantitative estimate of drug-likeness (QED) is 0.142. The molecular formula is C80H92N2O2. The fraction of sp³-hybridized carbons (Fsp3) is 0.600. The number of pyridine rings is 2. The maximum absolute atomic E-state index is 16.3. The molecule has 22 rings (SSSR count). The van der Waals surface area contributed by atoms with Crippen molar-refractivity contribution in [1.29, 1.82) is 0 Å². The summed E-state index contributed by atoms with van der Waals surface area (Å²) < 4.78 is 5.36. The average Bonchev–Trinajstić information content (AvgIpc) is 0.766. The highest BCUT2D eigenvalue weighted by Crippen LogP contribution is 2.68. The molecule has 15 aliphatic rings. The summed E-state index contributed by atoms with van der Waals surface area (Å²) in [4.78, 5) is 32.5. The van der Waals surface area contributed by atoms with Crippen molar-refractivity contribution in [2.75, 3.05) is 0 Å². The Kier molecular flexibility index (Phi) is 11.6. The second kappa shape index (κ2) is 19.0. The number of fused-ring (bicyclic) bond motifs is 4. The van der Waals surface area contributed by atoms with Crippen LogP contribution in [-0.4, -0.2) is 9.13 Å². The average molecular weight is 1110 g/mol. The zero-order valence-electron chi connectivity index (χ0n) is 50.6. The first-order valence-electron chi connectivity index (χ1n) is 35.6. The maximum Gasteiger partial charge on any atom is 0.197 e. The van der Waals surface area contributed by atoms with E-state index in [9.17, 15) is 0 Å². The molecule has 2 heterocycles. The topological polar surface area (TPSA) is 44.0 Å². The molecule has 434 valence electrons. The molecule has 0 atom stereocenters. The molecule has 4 heteroatoms. The van der Waals surface area contributed by atoms with Crippen molar-refractivity contribution in [1.82, 2.24) is 9.13 Å². The first-order valence-corrected chi connectivity index (χ1v) is 35.6. The lowest BCUT2D eigenvalue weighted by Crippen LogP contribution is -2.52. The minimum absolute atomic E-state index is 0.114. The van der Waals surface area contributed by atoms with Gasteiger partial charge in [-0.15, -0.1) is 0 Å². The largest absolute Gasteiger partial charge is 0.308 e. The summed E-state index contributed by atoms with van der Waals surface area (Å²) in [6, 6.07) is 33.5. The number of hydrogen-bond donors (Lipinski definition) is 0. The molecule has 15 aliphatic carbocycles. The summed E-state index contributed by atoms with van der Waals surface area (Å²) in [5.74, 6) is 9.06. The highest BCUT2D eigenvalue weighted by molar-refractivity contribution is 6.06. The fourth-order valence-electron chi connectivity index (χ4n) is 25.5. The van der Waals surface area contributed by atoms with Crippen LogP contribution < -0.4 is 10.9 Å². The van der Waals surface area contributed by atoms with Crippen molar-refractivity contribution in [3.05, 3.63) is 139 Å². The predicted molar refractivity (Wildman–Crippen MR) is 345 cm³/mol. The number of aromatic nitrogens is 2. The minimum atomic E-state index is 0.114. The highest BCUT2D eigenvalue weighted by atomic mass is 16.1. The Hall–Kier alpha value is -4.96. The Labute approximate surface area is 499 Å². The molecule has 0 N–H and O–H groups in total. The van der Waals surface area contributed by atoms with Crippen molar-refractivity contribution in [3.63, 3.8) is 0 Å². The lowest BCUT2D eigenvalue weighted by atomic mass is 9.44. The number of nitrogens with zero attached hydrogens (tertiary/aromatic N) is 2. The first kappa shape index (κ1) is 51.1. The number of benzene rings is 5. The summed E-state index contributed by atoms with van der Waals surface area (Å²) in [5.41, 5.74) is 17.3. The molecule has 2 aromatic heterocycles. The van der Waals surface area contributed by atoms with E-state index in [0.717, 1.165) is 96.9 Å². The molecule has 0 aliphatic heterocycles. The fourth-order valence-corrected chi connectivity index (χ4v) is 25.5. The first-order chi connectivity index (χ1) is 41.2. The van der Waals surface area contributed by atoms with Crippen LogP contribution in [0.5, 0.6) is 0 Å². The molecule has 5 aromatic carbocycles. The van der Waals surface area contributed by atoms with E-state index in [-0.39, 0.29) is 27.1 Å². The molecule has 15 fully saturated rings. The van der Waals surface area contributed by atoms with Gasteiger partial charge in [-0.25, -0.2) is 0 Å². The van der Waals surface area contributed by atoms with Crippen molar-refractivity contribution < 1.29 is 0 Å². The second-order valence-corrected chi connectivity index (χ2v) is 32.8. The molecular weight excluding hydrogens is 1020 g/mol. The van der Waals surface area contributed by atoms with Crippen molar-refractivity contribution >= 4 is 43.6 Å². The van der Waals surface area contributed by atoms with E-state index in [1.54, 1.807) is 22.3 Å². The highest BCUT2D eigenvalue weighted by Gasteiger charge is 2.58. The number of para-hydroxylation sites is 2. The van der Waals surface area contributed by atoms with Gasteiger partial charge in [0.25, 0.3) is 0 Å². The van der Waals surface area contributed by atoms with Gasteiger partial charge in [0.05, 0.1) is 33.4 Å². The van der Waals surface area contributed by atoms with Crippen LogP contribution >= 0.6 is 0 Å². The van der Waals surface area contributed by atoms with E-state index in [0.29, 0.717) is 17.8 Å². The standard InChI is InChI=1S/C80H92N2O2/c83-76-62-20-10-12-22-70(62)81(74-64(58-16-6-2-7-17-58)33-60(57-14-4-1-5-15-57)34-65(74)59-18-8-3-9-19-59)72-37-67-73(38-66(72)76)82(71-23-13-11-21-63(71)77(67)84)75-68(79-42-51-27-52(43-79)29-53(28-51)44-79)35-61(78-39-48-24-49(40-78)26-50(25-48)41-78)36-69(75)80-45-54-30-55(46-80)32-56(31-54)47-80/h10-13,20-23,33-38,48-59H,1-9,14-19,24-32,39-47H2. The Morgan fingerprint density at radius 1 is 0.321 bits per heavy atom. The second-order valence-electron chi connectivity index (χ2n) is 32.8. The maximum atomic E-state index is 16.3. The van der Waals surface area contributed by atoms with Gasteiger partial charge >= 0.3 is 0 Å². The van der Waals surface area contributed by atoms with Gasteiger partial charge in [0, 0.05) is 21.5 Å². The van der Waals surface area contributed by atoms with E-state index < -0.39 is 0 Å². The molecule has 0 unspecified atom stereocenters. The van der Waals surface area contributed by atoms with Crippen LogP contribution in [-0.2, 0) is 16.2 Å². The van der Waals surface area contributed by atoms with E-state index in [1.165, 1.54) is 234 Å². The minimum Gasteiger partial charge on any atom is -0.308 e. The molecule has 4 nitrogen and oxygen atoms in total. The molecule has 0 amide bonds. The Morgan fingerprint density at radius 3 is 1.04 bits per heavy atom. The van der Waals surface area contributed by atoms with E-state index >= 15 is 9.59 Å². The SMILES string of the molecule is O=c1c2ccccc2n(-c2c(C3CCCCC3)cc(C3CCCCC3)cc2C2CCCCC2)c2cc3c(=O)c4ccccc4n(-c4c(C56CC7CC(CC(C7)C5)C6)cc(C56CC7CC(CC(C7)C5)C6)cc4C45CC6CC(CC(C6)C4)C5)c3cc12. The van der Waals surface area contributed by atoms with Crippen LogP contribution in [0.4, 0.5) is 0 Å². The number of rotatable bonds is 8. The summed E-state index contributed by atoms with van der Waals surface area (Å²) in [7, 11) is 0. The lowest BCUT2D eigenvalue weighted by molar-refractivity contribution is -0.0115. The van der Waals surface area contributed by atoms with Crippen LogP contribution in [0.1, 0.15) is 263 Å². The van der Waals surface area contributed by atoms with E-state index in [2.05, 4.69) is 94.1 Å². The summed E-state index contributed by atoms with van der Waals surface area (Å²) in [6.07, 6.45) is 44.3. The summed E-state index contributed by atoms with van der Waals surface area (Å²) in [5, 5.41) is 3.21. The van der Waals surface area contributed by atoms with E-state index in [1.807, 2.05) is 0 Å². The zero-order valence-corrected chi connectivity index (χ0v) is 50.6. The molecule has 7 aromatic rings. The van der Waals surface area contributed by atoms with Gasteiger partial charge in [0.15, 0.2) is 10.9 Å². The third-order valence-corrected chi connectivity index (χ3v) is 27.6.